The van der Waals surface area contributed by atoms with Gasteiger partial charge in [-0.25, -0.2) is 0 Å². The van der Waals surface area contributed by atoms with Crippen LogP contribution in [0.5, 0.6) is 11.5 Å². The maximum absolute atomic E-state index is 12.2. The molecule has 3 rings (SSSR count). The summed E-state index contributed by atoms with van der Waals surface area (Å²) in [5, 5.41) is 2.83. The first-order chi connectivity index (χ1) is 13.2. The van der Waals surface area contributed by atoms with Crippen molar-refractivity contribution in [2.45, 2.75) is 19.3 Å². The summed E-state index contributed by atoms with van der Waals surface area (Å²) in [6.45, 7) is 1.52. The molecule has 0 spiro atoms. The van der Waals surface area contributed by atoms with Crippen molar-refractivity contribution in [1.29, 1.82) is 0 Å². The van der Waals surface area contributed by atoms with E-state index >= 15 is 0 Å². The van der Waals surface area contributed by atoms with Crippen molar-refractivity contribution in [3.05, 3.63) is 54.1 Å². The second-order valence-corrected chi connectivity index (χ2v) is 6.33. The van der Waals surface area contributed by atoms with E-state index in [1.807, 2.05) is 36.4 Å². The van der Waals surface area contributed by atoms with Gasteiger partial charge >= 0.3 is 0 Å². The number of methoxy groups -OCH3 is 1. The number of nitrogens with one attached hydrogen (secondary N) is 1. The van der Waals surface area contributed by atoms with E-state index in [-0.39, 0.29) is 11.8 Å². The second kappa shape index (κ2) is 9.07. The average Bonchev–Trinajstić information content (AvgIpc) is 2.72. The molecule has 0 unspecified atom stereocenters. The predicted molar refractivity (Wildman–Crippen MR) is 103 cm³/mol. The zero-order chi connectivity index (χ0) is 19.1. The normalized spacial score (nSPS) is 14.0. The molecule has 142 valence electrons. The predicted octanol–water partition coefficient (Wildman–Crippen LogP) is 3.02. The number of piperidine rings is 1. The Morgan fingerprint density at radius 1 is 1.04 bits per heavy atom. The topological polar surface area (TPSA) is 67.9 Å². The lowest BCUT2D eigenvalue weighted by atomic mass is 10.1. The summed E-state index contributed by atoms with van der Waals surface area (Å²) in [5.41, 5.74) is 1.41. The molecule has 2 aromatic carbocycles. The molecule has 1 saturated heterocycles. The van der Waals surface area contributed by atoms with Crippen molar-refractivity contribution in [2.75, 3.05) is 31.7 Å². The Balaban J connectivity index is 1.45. The minimum Gasteiger partial charge on any atom is -0.497 e. The molecule has 27 heavy (non-hydrogen) atoms. The Hall–Kier alpha value is -3.02. The number of nitrogens with zero attached hydrogens (tertiary/aromatic N) is 1. The van der Waals surface area contributed by atoms with E-state index in [9.17, 15) is 9.59 Å². The van der Waals surface area contributed by atoms with Crippen molar-refractivity contribution in [2.24, 2.45) is 0 Å². The van der Waals surface area contributed by atoms with Gasteiger partial charge in [-0.1, -0.05) is 0 Å². The van der Waals surface area contributed by atoms with Gasteiger partial charge < -0.3 is 19.7 Å². The van der Waals surface area contributed by atoms with Crippen molar-refractivity contribution < 1.29 is 19.1 Å². The van der Waals surface area contributed by atoms with Crippen LogP contribution in [-0.2, 0) is 4.79 Å². The first-order valence-corrected chi connectivity index (χ1v) is 9.13. The first-order valence-electron chi connectivity index (χ1n) is 9.13. The van der Waals surface area contributed by atoms with Crippen LogP contribution in [0.3, 0.4) is 0 Å². The lowest BCUT2D eigenvalue weighted by Gasteiger charge is -2.26. The van der Waals surface area contributed by atoms with E-state index in [1.165, 1.54) is 0 Å². The van der Waals surface area contributed by atoms with Crippen LogP contribution in [0, 0.1) is 0 Å². The molecule has 1 heterocycles. The maximum atomic E-state index is 12.2. The van der Waals surface area contributed by atoms with Crippen LogP contribution in [0.15, 0.2) is 48.5 Å². The van der Waals surface area contributed by atoms with E-state index < -0.39 is 0 Å². The van der Waals surface area contributed by atoms with Gasteiger partial charge in [0.15, 0.2) is 0 Å². The van der Waals surface area contributed by atoms with Gasteiger partial charge in [0.05, 0.1) is 13.7 Å². The Bertz CT molecular complexity index is 772. The zero-order valence-corrected chi connectivity index (χ0v) is 15.4. The lowest BCUT2D eigenvalue weighted by molar-refractivity contribution is -0.119. The third kappa shape index (κ3) is 5.00. The van der Waals surface area contributed by atoms with Gasteiger partial charge in [-0.05, 0) is 61.4 Å². The van der Waals surface area contributed by atoms with Crippen LogP contribution in [0.2, 0.25) is 0 Å². The summed E-state index contributed by atoms with van der Waals surface area (Å²) >= 11 is 0. The zero-order valence-electron chi connectivity index (χ0n) is 15.4. The summed E-state index contributed by atoms with van der Waals surface area (Å²) in [6, 6.07) is 14.4. The highest BCUT2D eigenvalue weighted by molar-refractivity contribution is 5.96. The van der Waals surface area contributed by atoms with Crippen LogP contribution in [0.25, 0.3) is 0 Å². The summed E-state index contributed by atoms with van der Waals surface area (Å²) in [4.78, 5) is 26.0. The molecular formula is C21H24N2O4. The molecule has 1 aliphatic heterocycles. The summed E-state index contributed by atoms with van der Waals surface area (Å²) in [6.07, 6.45) is 2.56. The van der Waals surface area contributed by atoms with Crippen molar-refractivity contribution in [3.63, 3.8) is 0 Å². The van der Waals surface area contributed by atoms with E-state index in [0.29, 0.717) is 25.1 Å². The molecule has 6 nitrogen and oxygen atoms in total. The smallest absolute Gasteiger partial charge is 0.251 e. The molecule has 1 N–H and O–H groups in total. The first kappa shape index (κ1) is 18.8. The number of benzene rings is 2. The Labute approximate surface area is 159 Å². The van der Waals surface area contributed by atoms with Crippen molar-refractivity contribution >= 4 is 17.5 Å². The lowest BCUT2D eigenvalue weighted by Crippen LogP contribution is -2.35. The number of anilines is 1. The Kier molecular flexibility index (Phi) is 6.30. The van der Waals surface area contributed by atoms with Crippen LogP contribution in [0.1, 0.15) is 29.6 Å². The monoisotopic (exact) mass is 368 g/mol. The molecule has 1 aliphatic rings. The fourth-order valence-electron chi connectivity index (χ4n) is 2.98. The quantitative estimate of drug-likeness (QED) is 0.763. The van der Waals surface area contributed by atoms with Crippen molar-refractivity contribution in [1.82, 2.24) is 5.32 Å². The summed E-state index contributed by atoms with van der Waals surface area (Å²) < 4.78 is 10.7. The molecular weight excluding hydrogens is 344 g/mol. The molecule has 1 fully saturated rings. The number of hydrogen-bond acceptors (Lipinski definition) is 4. The van der Waals surface area contributed by atoms with Crippen LogP contribution in [0.4, 0.5) is 5.69 Å². The van der Waals surface area contributed by atoms with Gasteiger partial charge in [-0.15, -0.1) is 0 Å². The second-order valence-electron chi connectivity index (χ2n) is 6.33. The number of carbonyl (C=O) groups is 2. The largest absolute Gasteiger partial charge is 0.497 e. The van der Waals surface area contributed by atoms with E-state index in [1.54, 1.807) is 24.1 Å². The molecule has 2 aromatic rings. The molecule has 0 saturated carbocycles. The van der Waals surface area contributed by atoms with Gasteiger partial charge in [-0.3, -0.25) is 9.59 Å². The number of ether oxygens (including phenoxy) is 2. The number of amides is 2. The van der Waals surface area contributed by atoms with Crippen LogP contribution in [-0.4, -0.2) is 38.6 Å². The minimum atomic E-state index is -0.162. The molecule has 0 bridgehead atoms. The molecule has 2 amide bonds. The van der Waals surface area contributed by atoms with Gasteiger partial charge in [0.2, 0.25) is 5.91 Å². The fourth-order valence-corrected chi connectivity index (χ4v) is 2.98. The minimum absolute atomic E-state index is 0.147. The third-order valence-electron chi connectivity index (χ3n) is 4.48. The number of hydrogen-bond donors (Lipinski definition) is 1. The molecule has 6 heteroatoms. The van der Waals surface area contributed by atoms with E-state index in [2.05, 4.69) is 5.32 Å². The molecule has 0 aromatic heterocycles. The number of rotatable bonds is 7. The summed E-state index contributed by atoms with van der Waals surface area (Å²) in [5.74, 6) is 1.48. The van der Waals surface area contributed by atoms with Crippen LogP contribution >= 0.6 is 0 Å². The highest BCUT2D eigenvalue weighted by Gasteiger charge is 2.19. The third-order valence-corrected chi connectivity index (χ3v) is 4.48. The maximum Gasteiger partial charge on any atom is 0.251 e. The average molecular weight is 368 g/mol. The van der Waals surface area contributed by atoms with Gasteiger partial charge in [0, 0.05) is 24.2 Å². The van der Waals surface area contributed by atoms with Crippen molar-refractivity contribution in [3.8, 4) is 11.5 Å². The van der Waals surface area contributed by atoms with E-state index in [4.69, 9.17) is 9.47 Å². The summed E-state index contributed by atoms with van der Waals surface area (Å²) in [7, 11) is 1.61. The van der Waals surface area contributed by atoms with Gasteiger partial charge in [-0.2, -0.15) is 0 Å². The molecule has 0 radical (unpaired) electrons. The van der Waals surface area contributed by atoms with Crippen LogP contribution < -0.4 is 19.7 Å². The highest BCUT2D eigenvalue weighted by atomic mass is 16.5. The SMILES string of the molecule is COc1ccc(OCCNC(=O)c2ccc(N3CCCCC3=O)cc2)cc1. The molecule has 0 atom stereocenters. The van der Waals surface area contributed by atoms with Gasteiger partial charge in [0.1, 0.15) is 18.1 Å². The fraction of sp³-hybridized carbons (Fsp3) is 0.333. The number of carbonyl (C=O) groups excluding carboxylic acids is 2. The van der Waals surface area contributed by atoms with Gasteiger partial charge in [0.25, 0.3) is 5.91 Å². The van der Waals surface area contributed by atoms with E-state index in [0.717, 1.165) is 36.6 Å². The Morgan fingerprint density at radius 2 is 1.74 bits per heavy atom. The highest BCUT2D eigenvalue weighted by Crippen LogP contribution is 2.21. The standard InChI is InChI=1S/C21H24N2O4/c1-26-18-9-11-19(12-10-18)27-15-13-22-21(25)16-5-7-17(8-6-16)23-14-3-2-4-20(23)24/h5-12H,2-4,13-15H2,1H3,(H,22,25). The Morgan fingerprint density at radius 3 is 2.41 bits per heavy atom. The molecule has 0 aliphatic carbocycles.